The predicted molar refractivity (Wildman–Crippen MR) is 61.0 cm³/mol. The number of benzene rings is 1. The Labute approximate surface area is 85.6 Å². The van der Waals surface area contributed by atoms with E-state index in [4.69, 9.17) is 5.73 Å². The molecular weight excluding hydrogens is 170 g/mol. The third kappa shape index (κ3) is 2.05. The van der Waals surface area contributed by atoms with Crippen LogP contribution in [0.2, 0.25) is 0 Å². The monoisotopic (exact) mass is 187 g/mol. The molecular formula is C13H17N. The van der Waals surface area contributed by atoms with Crippen molar-refractivity contribution in [3.8, 4) is 0 Å². The first-order chi connectivity index (χ1) is 6.75. The van der Waals surface area contributed by atoms with Crippen LogP contribution in [0.25, 0.3) is 5.57 Å². The van der Waals surface area contributed by atoms with Crippen molar-refractivity contribution in [3.63, 3.8) is 0 Å². The van der Waals surface area contributed by atoms with Crippen molar-refractivity contribution < 1.29 is 0 Å². The van der Waals surface area contributed by atoms with Crippen LogP contribution in [0.3, 0.4) is 0 Å². The molecule has 0 aromatic heterocycles. The first-order valence-corrected chi connectivity index (χ1v) is 5.27. The minimum absolute atomic E-state index is 0.357. The van der Waals surface area contributed by atoms with Crippen LogP contribution >= 0.6 is 0 Å². The fourth-order valence-corrected chi connectivity index (χ4v) is 2.02. The largest absolute Gasteiger partial charge is 0.327 e. The van der Waals surface area contributed by atoms with E-state index >= 15 is 0 Å². The van der Waals surface area contributed by atoms with Gasteiger partial charge >= 0.3 is 0 Å². The van der Waals surface area contributed by atoms with Gasteiger partial charge in [-0.15, -0.1) is 0 Å². The maximum absolute atomic E-state index is 5.96. The molecule has 1 nitrogen and oxygen atoms in total. The molecule has 2 N–H and O–H groups in total. The normalized spacial score (nSPS) is 21.9. The highest BCUT2D eigenvalue weighted by atomic mass is 14.6. The summed E-state index contributed by atoms with van der Waals surface area (Å²) in [4.78, 5) is 0. The lowest BCUT2D eigenvalue weighted by atomic mass is 9.90. The maximum atomic E-state index is 5.96. The maximum Gasteiger partial charge on any atom is 0.00823 e. The van der Waals surface area contributed by atoms with Gasteiger partial charge in [-0.3, -0.25) is 0 Å². The molecule has 1 aromatic carbocycles. The number of allylic oxidation sites excluding steroid dienone is 1. The quantitative estimate of drug-likeness (QED) is 0.718. The molecule has 0 saturated carbocycles. The smallest absolute Gasteiger partial charge is 0.00823 e. The Morgan fingerprint density at radius 3 is 2.93 bits per heavy atom. The molecule has 1 atom stereocenters. The van der Waals surface area contributed by atoms with Gasteiger partial charge in [0.05, 0.1) is 0 Å². The van der Waals surface area contributed by atoms with E-state index in [2.05, 4.69) is 37.3 Å². The van der Waals surface area contributed by atoms with Crippen molar-refractivity contribution in [3.05, 3.63) is 41.5 Å². The summed E-state index contributed by atoms with van der Waals surface area (Å²) in [7, 11) is 0. The number of hydrogen-bond acceptors (Lipinski definition) is 1. The van der Waals surface area contributed by atoms with E-state index in [9.17, 15) is 0 Å². The van der Waals surface area contributed by atoms with Gasteiger partial charge in [0.15, 0.2) is 0 Å². The molecule has 0 saturated heterocycles. The molecule has 1 heteroatoms. The molecule has 1 aliphatic carbocycles. The number of aryl methyl sites for hydroxylation is 1. The first kappa shape index (κ1) is 9.47. The lowest BCUT2D eigenvalue weighted by Gasteiger charge is -2.19. The minimum atomic E-state index is 0.357. The van der Waals surface area contributed by atoms with Crippen molar-refractivity contribution in [2.75, 3.05) is 0 Å². The lowest BCUT2D eigenvalue weighted by Crippen LogP contribution is -2.22. The van der Waals surface area contributed by atoms with Crippen LogP contribution in [0.5, 0.6) is 0 Å². The van der Waals surface area contributed by atoms with Gasteiger partial charge in [-0.1, -0.05) is 35.9 Å². The van der Waals surface area contributed by atoms with Crippen LogP contribution in [0.15, 0.2) is 30.3 Å². The van der Waals surface area contributed by atoms with Crippen molar-refractivity contribution in [2.45, 2.75) is 32.2 Å². The van der Waals surface area contributed by atoms with E-state index in [1.807, 2.05) is 0 Å². The molecule has 0 radical (unpaired) electrons. The standard InChI is InChI=1S/C13H17N/c1-10-4-2-5-11(8-10)12-6-3-7-13(14)9-12/h2,4-6,8,13H,3,7,9,14H2,1H3. The van der Waals surface area contributed by atoms with Gasteiger partial charge in [-0.2, -0.15) is 0 Å². The molecule has 1 aliphatic rings. The third-order valence-electron chi connectivity index (χ3n) is 2.80. The average molecular weight is 187 g/mol. The van der Waals surface area contributed by atoms with Gasteiger partial charge in [-0.05, 0) is 37.3 Å². The summed E-state index contributed by atoms with van der Waals surface area (Å²) in [5, 5.41) is 0. The topological polar surface area (TPSA) is 26.0 Å². The second-order valence-corrected chi connectivity index (χ2v) is 4.14. The summed E-state index contributed by atoms with van der Waals surface area (Å²) in [6, 6.07) is 9.02. The molecule has 0 bridgehead atoms. The minimum Gasteiger partial charge on any atom is -0.327 e. The molecule has 74 valence electrons. The molecule has 0 spiro atoms. The lowest BCUT2D eigenvalue weighted by molar-refractivity contribution is 0.616. The molecule has 0 fully saturated rings. The zero-order chi connectivity index (χ0) is 9.97. The van der Waals surface area contributed by atoms with Gasteiger partial charge in [0.2, 0.25) is 0 Å². The number of nitrogens with two attached hydrogens (primary N) is 1. The Kier molecular flexibility index (Phi) is 2.69. The molecule has 1 aromatic rings. The summed E-state index contributed by atoms with van der Waals surface area (Å²) in [5.74, 6) is 0. The number of hydrogen-bond donors (Lipinski definition) is 1. The van der Waals surface area contributed by atoms with Gasteiger partial charge in [0, 0.05) is 6.04 Å². The molecule has 14 heavy (non-hydrogen) atoms. The van der Waals surface area contributed by atoms with E-state index in [1.54, 1.807) is 0 Å². The van der Waals surface area contributed by atoms with Crippen LogP contribution in [0, 0.1) is 6.92 Å². The van der Waals surface area contributed by atoms with Crippen LogP contribution in [0.4, 0.5) is 0 Å². The van der Waals surface area contributed by atoms with Crippen molar-refractivity contribution in [2.24, 2.45) is 5.73 Å². The van der Waals surface area contributed by atoms with E-state index in [0.29, 0.717) is 6.04 Å². The molecule has 2 rings (SSSR count). The summed E-state index contributed by atoms with van der Waals surface area (Å²) >= 11 is 0. The van der Waals surface area contributed by atoms with E-state index < -0.39 is 0 Å². The van der Waals surface area contributed by atoms with Crippen LogP contribution in [-0.4, -0.2) is 6.04 Å². The Morgan fingerprint density at radius 1 is 1.36 bits per heavy atom. The van der Waals surface area contributed by atoms with Crippen molar-refractivity contribution in [1.29, 1.82) is 0 Å². The van der Waals surface area contributed by atoms with Gasteiger partial charge in [0.25, 0.3) is 0 Å². The summed E-state index contributed by atoms with van der Waals surface area (Å²) < 4.78 is 0. The Morgan fingerprint density at radius 2 is 2.21 bits per heavy atom. The average Bonchev–Trinajstić information content (AvgIpc) is 2.18. The molecule has 0 heterocycles. The third-order valence-corrected chi connectivity index (χ3v) is 2.80. The van der Waals surface area contributed by atoms with Crippen LogP contribution in [-0.2, 0) is 0 Å². The van der Waals surface area contributed by atoms with Gasteiger partial charge < -0.3 is 5.73 Å². The van der Waals surface area contributed by atoms with E-state index in [1.165, 1.54) is 16.7 Å². The van der Waals surface area contributed by atoms with Crippen LogP contribution in [0.1, 0.15) is 30.4 Å². The molecule has 0 amide bonds. The second-order valence-electron chi connectivity index (χ2n) is 4.14. The highest BCUT2D eigenvalue weighted by Gasteiger charge is 2.12. The Bertz CT molecular complexity index is 352. The fraction of sp³-hybridized carbons (Fsp3) is 0.385. The van der Waals surface area contributed by atoms with E-state index in [0.717, 1.165) is 19.3 Å². The van der Waals surface area contributed by atoms with Gasteiger partial charge in [0.1, 0.15) is 0 Å². The van der Waals surface area contributed by atoms with Gasteiger partial charge in [-0.25, -0.2) is 0 Å². The van der Waals surface area contributed by atoms with Crippen LogP contribution < -0.4 is 5.73 Å². The molecule has 0 aliphatic heterocycles. The highest BCUT2D eigenvalue weighted by Crippen LogP contribution is 2.26. The SMILES string of the molecule is Cc1cccc(C2=CCCC(N)C2)c1. The Hall–Kier alpha value is -1.08. The first-order valence-electron chi connectivity index (χ1n) is 5.27. The zero-order valence-corrected chi connectivity index (χ0v) is 8.66. The fourth-order valence-electron chi connectivity index (χ4n) is 2.02. The van der Waals surface area contributed by atoms with E-state index in [-0.39, 0.29) is 0 Å². The predicted octanol–water partition coefficient (Wildman–Crippen LogP) is 2.89. The summed E-state index contributed by atoms with van der Waals surface area (Å²) in [5.41, 5.74) is 10.1. The summed E-state index contributed by atoms with van der Waals surface area (Å²) in [6.07, 6.45) is 5.63. The number of rotatable bonds is 1. The zero-order valence-electron chi connectivity index (χ0n) is 8.66. The Balaban J connectivity index is 2.26. The van der Waals surface area contributed by atoms with Crippen molar-refractivity contribution in [1.82, 2.24) is 0 Å². The van der Waals surface area contributed by atoms with Crippen molar-refractivity contribution >= 4 is 5.57 Å². The molecule has 1 unspecified atom stereocenters. The second kappa shape index (κ2) is 3.97. The summed E-state index contributed by atoms with van der Waals surface area (Å²) in [6.45, 7) is 2.13. The highest BCUT2D eigenvalue weighted by molar-refractivity contribution is 5.67.